The summed E-state index contributed by atoms with van der Waals surface area (Å²) in [6.45, 7) is 9.43. The van der Waals surface area contributed by atoms with E-state index in [9.17, 15) is 4.79 Å². The first-order valence-corrected chi connectivity index (χ1v) is 5.46. The molecule has 1 aliphatic carbocycles. The maximum Gasteiger partial charge on any atom is 0.309 e. The van der Waals surface area contributed by atoms with Crippen molar-refractivity contribution < 1.29 is 9.53 Å². The van der Waals surface area contributed by atoms with Crippen LogP contribution in [0.3, 0.4) is 0 Å². The van der Waals surface area contributed by atoms with Crippen molar-refractivity contribution in [1.82, 2.24) is 0 Å². The molecule has 1 unspecified atom stereocenters. The molecule has 0 aromatic heterocycles. The molecule has 15 heavy (non-hydrogen) atoms. The summed E-state index contributed by atoms with van der Waals surface area (Å²) in [5.74, 6) is -0.0326. The van der Waals surface area contributed by atoms with Crippen LogP contribution in [0, 0.1) is 5.92 Å². The minimum Gasteiger partial charge on any atom is -0.460 e. The molecule has 0 N–H and O–H groups in total. The Morgan fingerprint density at radius 2 is 2.27 bits per heavy atom. The molecule has 1 aliphatic rings. The van der Waals surface area contributed by atoms with Gasteiger partial charge in [0.2, 0.25) is 0 Å². The Kier molecular flexibility index (Phi) is 3.72. The Balaban J connectivity index is 2.50. The summed E-state index contributed by atoms with van der Waals surface area (Å²) in [5, 5.41) is 0. The largest absolute Gasteiger partial charge is 0.460 e. The Bertz CT molecular complexity index is 281. The molecule has 0 heterocycles. The zero-order chi connectivity index (χ0) is 11.5. The second-order valence-electron chi connectivity index (χ2n) is 4.99. The van der Waals surface area contributed by atoms with Crippen LogP contribution in [-0.2, 0) is 9.53 Å². The first-order valence-electron chi connectivity index (χ1n) is 5.46. The highest BCUT2D eigenvalue weighted by atomic mass is 16.6. The number of ether oxygens (including phenoxy) is 1. The van der Waals surface area contributed by atoms with Crippen LogP contribution >= 0.6 is 0 Å². The molecule has 2 nitrogen and oxygen atoms in total. The number of rotatable bonds is 2. The van der Waals surface area contributed by atoms with Crippen LogP contribution in [0.25, 0.3) is 0 Å². The van der Waals surface area contributed by atoms with Crippen LogP contribution in [0.1, 0.15) is 40.0 Å². The van der Waals surface area contributed by atoms with Gasteiger partial charge in [-0.15, -0.1) is 0 Å². The van der Waals surface area contributed by atoms with Crippen LogP contribution in [0.15, 0.2) is 24.3 Å². The summed E-state index contributed by atoms with van der Waals surface area (Å²) in [4.78, 5) is 11.7. The van der Waals surface area contributed by atoms with Crippen LogP contribution in [0.4, 0.5) is 0 Å². The molecule has 0 amide bonds. The predicted octanol–water partition coefficient (Wildman–Crippen LogP) is 3.24. The average molecular weight is 208 g/mol. The Hall–Kier alpha value is -1.05. The first kappa shape index (κ1) is 12.0. The molecule has 1 atom stereocenters. The molecule has 0 radical (unpaired) electrons. The summed E-state index contributed by atoms with van der Waals surface area (Å²) < 4.78 is 5.35. The van der Waals surface area contributed by atoms with Crippen LogP contribution in [0.2, 0.25) is 0 Å². The van der Waals surface area contributed by atoms with Crippen LogP contribution in [0.5, 0.6) is 0 Å². The first-order chi connectivity index (χ1) is 6.92. The molecule has 0 saturated carbocycles. The van der Waals surface area contributed by atoms with Crippen molar-refractivity contribution >= 4 is 5.97 Å². The Morgan fingerprint density at radius 1 is 1.60 bits per heavy atom. The minimum atomic E-state index is -0.375. The molecule has 0 aromatic carbocycles. The summed E-state index contributed by atoms with van der Waals surface area (Å²) in [6.07, 6.45) is 6.56. The van der Waals surface area contributed by atoms with Gasteiger partial charge in [-0.1, -0.05) is 24.3 Å². The second kappa shape index (κ2) is 4.65. The van der Waals surface area contributed by atoms with Gasteiger partial charge in [0.25, 0.3) is 0 Å². The van der Waals surface area contributed by atoms with E-state index in [2.05, 4.69) is 12.7 Å². The van der Waals surface area contributed by atoms with E-state index in [-0.39, 0.29) is 17.5 Å². The fourth-order valence-corrected chi connectivity index (χ4v) is 1.64. The number of carbonyl (C=O) groups is 1. The van der Waals surface area contributed by atoms with Crippen molar-refractivity contribution in [2.45, 2.75) is 45.6 Å². The predicted molar refractivity (Wildman–Crippen MR) is 61.5 cm³/mol. The van der Waals surface area contributed by atoms with Gasteiger partial charge in [-0.3, -0.25) is 4.79 Å². The van der Waals surface area contributed by atoms with Gasteiger partial charge in [-0.05, 0) is 40.0 Å². The molecular formula is C13H20O2. The van der Waals surface area contributed by atoms with Gasteiger partial charge in [0.05, 0.1) is 5.92 Å². The van der Waals surface area contributed by atoms with Crippen molar-refractivity contribution in [3.8, 4) is 0 Å². The van der Waals surface area contributed by atoms with Crippen molar-refractivity contribution in [3.63, 3.8) is 0 Å². The fraction of sp³-hybridized carbons (Fsp3) is 0.615. The van der Waals surface area contributed by atoms with Gasteiger partial charge in [0.1, 0.15) is 5.60 Å². The van der Waals surface area contributed by atoms with E-state index in [0.29, 0.717) is 0 Å². The zero-order valence-electron chi connectivity index (χ0n) is 9.88. The van der Waals surface area contributed by atoms with Gasteiger partial charge in [0, 0.05) is 0 Å². The van der Waals surface area contributed by atoms with Crippen LogP contribution in [-0.4, -0.2) is 11.6 Å². The molecule has 0 aliphatic heterocycles. The lowest BCUT2D eigenvalue weighted by Crippen LogP contribution is -2.29. The standard InChI is InChI=1S/C13H20O2/c1-5-10-6-8-11(9-7-10)12(14)15-13(2,3)4/h5-6,11H,1,7-9H2,2-4H3. The van der Waals surface area contributed by atoms with E-state index in [1.807, 2.05) is 26.8 Å². The van der Waals surface area contributed by atoms with E-state index in [4.69, 9.17) is 4.74 Å². The second-order valence-corrected chi connectivity index (χ2v) is 4.99. The molecule has 0 fully saturated rings. The third kappa shape index (κ3) is 3.90. The smallest absolute Gasteiger partial charge is 0.309 e. The average Bonchev–Trinajstić information content (AvgIpc) is 2.15. The van der Waals surface area contributed by atoms with E-state index in [1.54, 1.807) is 0 Å². The number of esters is 1. The normalized spacial score (nSPS) is 21.8. The van der Waals surface area contributed by atoms with Gasteiger partial charge < -0.3 is 4.74 Å². The van der Waals surface area contributed by atoms with Crippen molar-refractivity contribution in [2.24, 2.45) is 5.92 Å². The maximum atomic E-state index is 11.7. The molecule has 0 aromatic rings. The quantitative estimate of drug-likeness (QED) is 0.651. The van der Waals surface area contributed by atoms with Crippen molar-refractivity contribution in [2.75, 3.05) is 0 Å². The lowest BCUT2D eigenvalue weighted by Gasteiger charge is -2.25. The lowest BCUT2D eigenvalue weighted by atomic mass is 9.89. The molecule has 0 spiro atoms. The van der Waals surface area contributed by atoms with Gasteiger partial charge in [0.15, 0.2) is 0 Å². The lowest BCUT2D eigenvalue weighted by molar-refractivity contribution is -0.160. The SMILES string of the molecule is C=CC1=CCC(C(=O)OC(C)(C)C)CC1. The molecule has 84 valence electrons. The monoisotopic (exact) mass is 208 g/mol. The van der Waals surface area contributed by atoms with E-state index >= 15 is 0 Å². The maximum absolute atomic E-state index is 11.7. The topological polar surface area (TPSA) is 26.3 Å². The highest BCUT2D eigenvalue weighted by Gasteiger charge is 2.26. The number of hydrogen-bond acceptors (Lipinski definition) is 2. The fourth-order valence-electron chi connectivity index (χ4n) is 1.64. The van der Waals surface area contributed by atoms with E-state index < -0.39 is 0 Å². The van der Waals surface area contributed by atoms with E-state index in [0.717, 1.165) is 19.3 Å². The molecule has 0 saturated heterocycles. The number of allylic oxidation sites excluding steroid dienone is 3. The van der Waals surface area contributed by atoms with Crippen LogP contribution < -0.4 is 0 Å². The molecule has 1 rings (SSSR count). The molecule has 2 heteroatoms. The third-order valence-corrected chi connectivity index (χ3v) is 2.45. The minimum absolute atomic E-state index is 0.0351. The summed E-state index contributed by atoms with van der Waals surface area (Å²) in [6, 6.07) is 0. The molecule has 0 bridgehead atoms. The highest BCUT2D eigenvalue weighted by molar-refractivity contribution is 5.73. The zero-order valence-corrected chi connectivity index (χ0v) is 9.88. The highest BCUT2D eigenvalue weighted by Crippen LogP contribution is 2.26. The Morgan fingerprint density at radius 3 is 2.67 bits per heavy atom. The number of carbonyl (C=O) groups excluding carboxylic acids is 1. The third-order valence-electron chi connectivity index (χ3n) is 2.45. The number of hydrogen-bond donors (Lipinski definition) is 0. The summed E-state index contributed by atoms with van der Waals surface area (Å²) in [7, 11) is 0. The Labute approximate surface area is 92.0 Å². The summed E-state index contributed by atoms with van der Waals surface area (Å²) in [5.41, 5.74) is 0.870. The van der Waals surface area contributed by atoms with Gasteiger partial charge in [-0.25, -0.2) is 0 Å². The summed E-state index contributed by atoms with van der Waals surface area (Å²) >= 11 is 0. The van der Waals surface area contributed by atoms with Gasteiger partial charge >= 0.3 is 5.97 Å². The van der Waals surface area contributed by atoms with E-state index in [1.165, 1.54) is 5.57 Å². The van der Waals surface area contributed by atoms with Crippen molar-refractivity contribution in [1.29, 1.82) is 0 Å². The van der Waals surface area contributed by atoms with Crippen molar-refractivity contribution in [3.05, 3.63) is 24.3 Å². The molecular weight excluding hydrogens is 188 g/mol. The van der Waals surface area contributed by atoms with Gasteiger partial charge in [-0.2, -0.15) is 0 Å².